The second-order valence-electron chi connectivity index (χ2n) is 5.33. The Labute approximate surface area is 156 Å². The monoisotopic (exact) mass is 391 g/mol. The van der Waals surface area contributed by atoms with Gasteiger partial charge in [-0.1, -0.05) is 11.6 Å². The van der Waals surface area contributed by atoms with E-state index in [2.05, 4.69) is 0 Å². The van der Waals surface area contributed by atoms with E-state index in [0.717, 1.165) is 0 Å². The highest BCUT2D eigenvalue weighted by Gasteiger charge is 2.22. The van der Waals surface area contributed by atoms with E-state index in [1.807, 2.05) is 0 Å². The van der Waals surface area contributed by atoms with Crippen molar-refractivity contribution in [2.24, 2.45) is 0 Å². The van der Waals surface area contributed by atoms with Crippen LogP contribution in [-0.2, 0) is 9.84 Å². The Balaban J connectivity index is 2.07. The second kappa shape index (κ2) is 7.28. The van der Waals surface area contributed by atoms with Crippen LogP contribution in [-0.4, -0.2) is 28.7 Å². The third kappa shape index (κ3) is 3.47. The van der Waals surface area contributed by atoms with Crippen LogP contribution in [0.4, 0.5) is 0 Å². The Morgan fingerprint density at radius 2 is 1.92 bits per heavy atom. The molecule has 0 bridgehead atoms. The number of sulfone groups is 1. The normalized spacial score (nSPS) is 13.8. The maximum atomic E-state index is 12.7. The maximum Gasteiger partial charge on any atom is 0.216 e. The number of hydrogen-bond acceptors (Lipinski definition) is 6. The van der Waals surface area contributed by atoms with Crippen molar-refractivity contribution in [3.05, 3.63) is 51.9 Å². The predicted molar refractivity (Wildman–Crippen MR) is 96.2 cm³/mol. The summed E-state index contributed by atoms with van der Waals surface area (Å²) in [7, 11) is -2.51. The average Bonchev–Trinajstić information content (AvgIpc) is 2.65. The Morgan fingerprint density at radius 1 is 1.23 bits per heavy atom. The minimum Gasteiger partial charge on any atom is -0.493 e. The SMILES string of the molecule is COc1cc(/C=C(\C#N)S(=O)(=O)c2ccc(Cl)cc2)cc2c1OCCO2. The fourth-order valence-electron chi connectivity index (χ4n) is 2.44. The molecule has 8 heteroatoms. The minimum atomic E-state index is -3.98. The first kappa shape index (κ1) is 18.1. The molecule has 1 heterocycles. The number of rotatable bonds is 4. The molecule has 26 heavy (non-hydrogen) atoms. The van der Waals surface area contributed by atoms with E-state index in [9.17, 15) is 13.7 Å². The molecule has 0 unspecified atom stereocenters. The second-order valence-corrected chi connectivity index (χ2v) is 7.68. The van der Waals surface area contributed by atoms with Crippen LogP contribution < -0.4 is 14.2 Å². The van der Waals surface area contributed by atoms with Crippen molar-refractivity contribution in [2.75, 3.05) is 20.3 Å². The van der Waals surface area contributed by atoms with Gasteiger partial charge in [0, 0.05) is 5.02 Å². The Hall–Kier alpha value is -2.69. The predicted octanol–water partition coefficient (Wildman–Crippen LogP) is 3.46. The zero-order chi connectivity index (χ0) is 18.7. The summed E-state index contributed by atoms with van der Waals surface area (Å²) in [6.45, 7) is 0.768. The van der Waals surface area contributed by atoms with E-state index in [4.69, 9.17) is 25.8 Å². The van der Waals surface area contributed by atoms with Crippen molar-refractivity contribution in [3.8, 4) is 23.3 Å². The molecule has 134 valence electrons. The van der Waals surface area contributed by atoms with Gasteiger partial charge in [-0.25, -0.2) is 8.42 Å². The van der Waals surface area contributed by atoms with Crippen molar-refractivity contribution in [1.82, 2.24) is 0 Å². The molecule has 0 atom stereocenters. The van der Waals surface area contributed by atoms with E-state index >= 15 is 0 Å². The van der Waals surface area contributed by atoms with E-state index in [-0.39, 0.29) is 4.90 Å². The molecule has 2 aromatic carbocycles. The number of nitriles is 1. The highest BCUT2D eigenvalue weighted by Crippen LogP contribution is 2.41. The summed E-state index contributed by atoms with van der Waals surface area (Å²) >= 11 is 5.79. The van der Waals surface area contributed by atoms with Crippen molar-refractivity contribution in [3.63, 3.8) is 0 Å². The van der Waals surface area contributed by atoms with Crippen molar-refractivity contribution < 1.29 is 22.6 Å². The van der Waals surface area contributed by atoms with Gasteiger partial charge in [-0.2, -0.15) is 5.26 Å². The fourth-order valence-corrected chi connectivity index (χ4v) is 3.72. The highest BCUT2D eigenvalue weighted by atomic mass is 35.5. The lowest BCUT2D eigenvalue weighted by molar-refractivity contribution is 0.165. The number of methoxy groups -OCH3 is 1. The van der Waals surface area contributed by atoms with E-state index in [0.29, 0.717) is 41.0 Å². The van der Waals surface area contributed by atoms with Gasteiger partial charge in [0.15, 0.2) is 11.5 Å². The van der Waals surface area contributed by atoms with Crippen LogP contribution in [0.2, 0.25) is 5.02 Å². The molecule has 0 spiro atoms. The Morgan fingerprint density at radius 3 is 2.58 bits per heavy atom. The van der Waals surface area contributed by atoms with Gasteiger partial charge in [0.25, 0.3) is 0 Å². The molecule has 3 rings (SSSR count). The quantitative estimate of drug-likeness (QED) is 0.742. The molecule has 1 aliphatic heterocycles. The van der Waals surface area contributed by atoms with Crippen LogP contribution in [0.15, 0.2) is 46.2 Å². The molecule has 0 aliphatic carbocycles. The van der Waals surface area contributed by atoms with E-state index in [1.54, 1.807) is 18.2 Å². The number of allylic oxidation sites excluding steroid dienone is 1. The van der Waals surface area contributed by atoms with E-state index < -0.39 is 14.7 Å². The zero-order valence-electron chi connectivity index (χ0n) is 13.7. The molecule has 2 aromatic rings. The summed E-state index contributed by atoms with van der Waals surface area (Å²) in [5, 5.41) is 9.80. The smallest absolute Gasteiger partial charge is 0.216 e. The molecule has 6 nitrogen and oxygen atoms in total. The highest BCUT2D eigenvalue weighted by molar-refractivity contribution is 7.95. The van der Waals surface area contributed by atoms with Crippen LogP contribution in [0.5, 0.6) is 17.2 Å². The molecule has 1 aliphatic rings. The molecule has 0 radical (unpaired) electrons. The molecule has 0 fully saturated rings. The lowest BCUT2D eigenvalue weighted by atomic mass is 10.1. The lowest BCUT2D eigenvalue weighted by Crippen LogP contribution is -2.16. The van der Waals surface area contributed by atoms with E-state index in [1.165, 1.54) is 37.5 Å². The number of halogens is 1. The standard InChI is InChI=1S/C18H14ClNO5S/c1-23-16-9-12(10-17-18(16)25-7-6-24-17)8-15(11-20)26(21,22)14-4-2-13(19)3-5-14/h2-5,8-10H,6-7H2,1H3/b15-8+. The van der Waals surface area contributed by atoms with Crippen molar-refractivity contribution in [1.29, 1.82) is 5.26 Å². The molecule has 0 N–H and O–H groups in total. The Kier molecular flexibility index (Phi) is 5.07. The molecular weight excluding hydrogens is 378 g/mol. The largest absolute Gasteiger partial charge is 0.493 e. The van der Waals surface area contributed by atoms with Crippen molar-refractivity contribution >= 4 is 27.5 Å². The van der Waals surface area contributed by atoms with Crippen LogP contribution in [0, 0.1) is 11.3 Å². The minimum absolute atomic E-state index is 0.0146. The summed E-state index contributed by atoms with van der Waals surface area (Å²) in [5.74, 6) is 1.28. The molecule has 0 saturated heterocycles. The summed E-state index contributed by atoms with van der Waals surface area (Å²) in [4.78, 5) is -0.419. The van der Waals surface area contributed by atoms with Gasteiger partial charge in [-0.3, -0.25) is 0 Å². The Bertz CT molecular complexity index is 990. The lowest BCUT2D eigenvalue weighted by Gasteiger charge is -2.21. The zero-order valence-corrected chi connectivity index (χ0v) is 15.3. The van der Waals surface area contributed by atoms with Gasteiger partial charge in [0.1, 0.15) is 24.2 Å². The van der Waals surface area contributed by atoms with Crippen LogP contribution in [0.25, 0.3) is 6.08 Å². The van der Waals surface area contributed by atoms with Gasteiger partial charge in [-0.05, 0) is 48.0 Å². The van der Waals surface area contributed by atoms with Crippen molar-refractivity contribution in [2.45, 2.75) is 4.90 Å². The molecule has 0 amide bonds. The number of fused-ring (bicyclic) bond motifs is 1. The molecule has 0 aromatic heterocycles. The third-order valence-electron chi connectivity index (χ3n) is 3.67. The average molecular weight is 392 g/mol. The molecular formula is C18H14ClNO5S. The van der Waals surface area contributed by atoms with Gasteiger partial charge >= 0.3 is 0 Å². The maximum absolute atomic E-state index is 12.7. The summed E-state index contributed by atoms with van der Waals surface area (Å²) in [6, 6.07) is 10.6. The first-order chi connectivity index (χ1) is 12.5. The van der Waals surface area contributed by atoms with Crippen LogP contribution in [0.3, 0.4) is 0 Å². The fraction of sp³-hybridized carbons (Fsp3) is 0.167. The molecule has 0 saturated carbocycles. The number of benzene rings is 2. The van der Waals surface area contributed by atoms with Gasteiger partial charge in [-0.15, -0.1) is 0 Å². The first-order valence-corrected chi connectivity index (χ1v) is 9.42. The number of nitrogens with zero attached hydrogens (tertiary/aromatic N) is 1. The first-order valence-electron chi connectivity index (χ1n) is 7.56. The van der Waals surface area contributed by atoms with Crippen LogP contribution >= 0.6 is 11.6 Å². The summed E-state index contributed by atoms with van der Waals surface area (Å²) < 4.78 is 41.7. The summed E-state index contributed by atoms with van der Waals surface area (Å²) in [5.41, 5.74) is 0.445. The number of ether oxygens (including phenoxy) is 3. The number of hydrogen-bond donors (Lipinski definition) is 0. The van der Waals surface area contributed by atoms with Crippen LogP contribution in [0.1, 0.15) is 5.56 Å². The van der Waals surface area contributed by atoms with Gasteiger partial charge < -0.3 is 14.2 Å². The third-order valence-corrected chi connectivity index (χ3v) is 5.60. The summed E-state index contributed by atoms with van der Waals surface area (Å²) in [6.07, 6.45) is 1.27. The van der Waals surface area contributed by atoms with Gasteiger partial charge in [0.05, 0.1) is 12.0 Å². The van der Waals surface area contributed by atoms with Gasteiger partial charge in [0.2, 0.25) is 15.6 Å². The topological polar surface area (TPSA) is 85.6 Å².